The molecule has 5 nitrogen and oxygen atoms in total. The number of rotatable bonds is 4. The summed E-state index contributed by atoms with van der Waals surface area (Å²) in [5.41, 5.74) is 0.697. The number of nitrogens with one attached hydrogen (secondary N) is 2. The lowest BCUT2D eigenvalue weighted by molar-refractivity contribution is 0.171. The fourth-order valence-corrected chi connectivity index (χ4v) is 2.65. The van der Waals surface area contributed by atoms with Gasteiger partial charge in [-0.25, -0.2) is 9.18 Å². The van der Waals surface area contributed by atoms with Crippen LogP contribution in [0.1, 0.15) is 25.0 Å². The van der Waals surface area contributed by atoms with Crippen molar-refractivity contribution in [2.24, 2.45) is 0 Å². The quantitative estimate of drug-likeness (QED) is 0.894. The summed E-state index contributed by atoms with van der Waals surface area (Å²) in [4.78, 5) is 12.2. The Bertz CT molecular complexity index is 777. The second-order valence-electron chi connectivity index (χ2n) is 6.38. The molecule has 3 rings (SSSR count). The van der Waals surface area contributed by atoms with Gasteiger partial charge in [0.05, 0.1) is 5.54 Å². The van der Waals surface area contributed by atoms with E-state index in [1.807, 2.05) is 32.0 Å². The summed E-state index contributed by atoms with van der Waals surface area (Å²) in [6.45, 7) is 4.94. The van der Waals surface area contributed by atoms with Crippen LogP contribution in [0, 0.1) is 5.82 Å². The minimum atomic E-state index is -0.630. The van der Waals surface area contributed by atoms with Crippen molar-refractivity contribution in [3.8, 4) is 11.5 Å². The molecule has 2 N–H and O–H groups in total. The molecule has 1 aliphatic rings. The van der Waals surface area contributed by atoms with Gasteiger partial charge < -0.3 is 20.1 Å². The number of fused-ring (bicyclic) bond motifs is 1. The predicted molar refractivity (Wildman–Crippen MR) is 92.2 cm³/mol. The van der Waals surface area contributed by atoms with Gasteiger partial charge in [0, 0.05) is 12.1 Å². The molecule has 132 valence electrons. The fourth-order valence-electron chi connectivity index (χ4n) is 2.65. The summed E-state index contributed by atoms with van der Waals surface area (Å²) >= 11 is 0. The number of amides is 2. The van der Waals surface area contributed by atoms with Crippen molar-refractivity contribution >= 4 is 6.03 Å². The van der Waals surface area contributed by atoms with Crippen molar-refractivity contribution in [1.82, 2.24) is 10.6 Å². The first-order valence-electron chi connectivity index (χ1n) is 8.15. The van der Waals surface area contributed by atoms with Crippen LogP contribution in [0.25, 0.3) is 0 Å². The van der Waals surface area contributed by atoms with E-state index < -0.39 is 5.54 Å². The molecule has 25 heavy (non-hydrogen) atoms. The highest BCUT2D eigenvalue weighted by Crippen LogP contribution is 2.34. The molecule has 0 saturated carbocycles. The predicted octanol–water partition coefficient (Wildman–Crippen LogP) is 3.33. The van der Waals surface area contributed by atoms with Crippen LogP contribution in [-0.2, 0) is 12.1 Å². The van der Waals surface area contributed by atoms with Crippen molar-refractivity contribution in [2.75, 3.05) is 13.2 Å². The van der Waals surface area contributed by atoms with Crippen molar-refractivity contribution < 1.29 is 18.7 Å². The Morgan fingerprint density at radius 3 is 2.60 bits per heavy atom. The normalized spacial score (nSPS) is 13.2. The van der Waals surface area contributed by atoms with Crippen LogP contribution in [0.3, 0.4) is 0 Å². The Balaban J connectivity index is 1.64. The molecule has 1 heterocycles. The van der Waals surface area contributed by atoms with Crippen molar-refractivity contribution in [2.45, 2.75) is 25.9 Å². The number of benzene rings is 2. The number of hydrogen-bond donors (Lipinski definition) is 2. The van der Waals surface area contributed by atoms with Gasteiger partial charge >= 0.3 is 6.03 Å². The maximum atomic E-state index is 13.6. The van der Waals surface area contributed by atoms with Crippen LogP contribution in [-0.4, -0.2) is 19.2 Å². The Labute approximate surface area is 146 Å². The minimum Gasteiger partial charge on any atom is -0.486 e. The number of urea groups is 1. The second kappa shape index (κ2) is 7.01. The van der Waals surface area contributed by atoms with Crippen LogP contribution in [0.5, 0.6) is 11.5 Å². The molecule has 6 heteroatoms. The van der Waals surface area contributed by atoms with E-state index in [0.29, 0.717) is 30.3 Å². The maximum absolute atomic E-state index is 13.6. The van der Waals surface area contributed by atoms with Crippen molar-refractivity contribution in [3.63, 3.8) is 0 Å². The Morgan fingerprint density at radius 2 is 1.84 bits per heavy atom. The van der Waals surface area contributed by atoms with Gasteiger partial charge in [0.25, 0.3) is 0 Å². The van der Waals surface area contributed by atoms with Crippen LogP contribution in [0.4, 0.5) is 9.18 Å². The van der Waals surface area contributed by atoms with Crippen molar-refractivity contribution in [1.29, 1.82) is 0 Å². The maximum Gasteiger partial charge on any atom is 0.315 e. The highest BCUT2D eigenvalue weighted by Gasteiger charge is 2.25. The van der Waals surface area contributed by atoms with Gasteiger partial charge in [0.15, 0.2) is 11.5 Å². The third-order valence-electron chi connectivity index (χ3n) is 4.09. The standard InChI is InChI=1S/C19H21FN2O3/c1-19(2,14-7-8-16-17(11-14)25-10-9-24-16)22-18(23)21-12-13-5-3-4-6-15(13)20/h3-8,11H,9-10,12H2,1-2H3,(H2,21,22,23). The summed E-state index contributed by atoms with van der Waals surface area (Å²) in [6.07, 6.45) is 0. The van der Waals surface area contributed by atoms with Gasteiger partial charge in [-0.05, 0) is 37.6 Å². The van der Waals surface area contributed by atoms with E-state index in [2.05, 4.69) is 10.6 Å². The average molecular weight is 344 g/mol. The SMILES string of the molecule is CC(C)(NC(=O)NCc1ccccc1F)c1ccc2c(c1)OCCO2. The van der Waals surface area contributed by atoms with Gasteiger partial charge in [-0.2, -0.15) is 0 Å². The molecule has 1 aliphatic heterocycles. The third kappa shape index (κ3) is 4.02. The van der Waals surface area contributed by atoms with E-state index in [1.165, 1.54) is 6.07 Å². The molecule has 0 spiro atoms. The summed E-state index contributed by atoms with van der Waals surface area (Å²) in [5.74, 6) is 1.04. The van der Waals surface area contributed by atoms with Gasteiger partial charge in [-0.15, -0.1) is 0 Å². The first-order chi connectivity index (χ1) is 12.0. The van der Waals surface area contributed by atoms with Crippen LogP contribution in [0.15, 0.2) is 42.5 Å². The molecular weight excluding hydrogens is 323 g/mol. The average Bonchev–Trinajstić information content (AvgIpc) is 2.60. The number of halogens is 1. The molecule has 2 aromatic rings. The van der Waals surface area contributed by atoms with E-state index in [-0.39, 0.29) is 18.4 Å². The molecule has 0 atom stereocenters. The monoisotopic (exact) mass is 344 g/mol. The molecule has 2 amide bonds. The largest absolute Gasteiger partial charge is 0.486 e. The zero-order valence-corrected chi connectivity index (χ0v) is 14.3. The topological polar surface area (TPSA) is 59.6 Å². The van der Waals surface area contributed by atoms with Gasteiger partial charge in [0.2, 0.25) is 0 Å². The molecule has 0 aromatic heterocycles. The van der Waals surface area contributed by atoms with Gasteiger partial charge in [-0.1, -0.05) is 24.3 Å². The Kier molecular flexibility index (Phi) is 4.79. The molecule has 0 aliphatic carbocycles. The van der Waals surface area contributed by atoms with E-state index in [0.717, 1.165) is 5.56 Å². The summed E-state index contributed by atoms with van der Waals surface area (Å²) < 4.78 is 24.7. The minimum absolute atomic E-state index is 0.121. The highest BCUT2D eigenvalue weighted by molar-refractivity contribution is 5.75. The number of ether oxygens (including phenoxy) is 2. The molecule has 0 saturated heterocycles. The molecule has 2 aromatic carbocycles. The van der Waals surface area contributed by atoms with E-state index in [9.17, 15) is 9.18 Å². The highest BCUT2D eigenvalue weighted by atomic mass is 19.1. The molecule has 0 bridgehead atoms. The lowest BCUT2D eigenvalue weighted by Crippen LogP contribution is -2.46. The zero-order valence-electron chi connectivity index (χ0n) is 14.3. The smallest absolute Gasteiger partial charge is 0.315 e. The van der Waals surface area contributed by atoms with Crippen molar-refractivity contribution in [3.05, 3.63) is 59.4 Å². The molecular formula is C19H21FN2O3. The van der Waals surface area contributed by atoms with E-state index in [1.54, 1.807) is 18.2 Å². The Hall–Kier alpha value is -2.76. The first kappa shape index (κ1) is 17.1. The number of carbonyl (C=O) groups is 1. The molecule has 0 fully saturated rings. The second-order valence-corrected chi connectivity index (χ2v) is 6.38. The fraction of sp³-hybridized carbons (Fsp3) is 0.316. The number of carbonyl (C=O) groups excluding carboxylic acids is 1. The van der Waals surface area contributed by atoms with E-state index in [4.69, 9.17) is 9.47 Å². The van der Waals surface area contributed by atoms with Crippen LogP contribution < -0.4 is 20.1 Å². The molecule has 0 radical (unpaired) electrons. The van der Waals surface area contributed by atoms with Gasteiger partial charge in [-0.3, -0.25) is 0 Å². The first-order valence-corrected chi connectivity index (χ1v) is 8.15. The van der Waals surface area contributed by atoms with Crippen LogP contribution >= 0.6 is 0 Å². The Morgan fingerprint density at radius 1 is 1.12 bits per heavy atom. The van der Waals surface area contributed by atoms with E-state index >= 15 is 0 Å². The number of hydrogen-bond acceptors (Lipinski definition) is 3. The molecule has 0 unspecified atom stereocenters. The summed E-state index contributed by atoms with van der Waals surface area (Å²) in [6, 6.07) is 11.6. The van der Waals surface area contributed by atoms with Gasteiger partial charge in [0.1, 0.15) is 19.0 Å². The third-order valence-corrected chi connectivity index (χ3v) is 4.09. The lowest BCUT2D eigenvalue weighted by Gasteiger charge is -2.28. The summed E-state index contributed by atoms with van der Waals surface area (Å²) in [7, 11) is 0. The summed E-state index contributed by atoms with van der Waals surface area (Å²) in [5, 5.41) is 5.58. The lowest BCUT2D eigenvalue weighted by atomic mass is 9.94. The van der Waals surface area contributed by atoms with Crippen LogP contribution in [0.2, 0.25) is 0 Å². The zero-order chi connectivity index (χ0) is 17.9.